The van der Waals surface area contributed by atoms with Gasteiger partial charge in [-0.05, 0) is 23.4 Å². The molecule has 1 aromatic carbocycles. The largest absolute Gasteiger partial charge is 0.360 e. The number of rotatable bonds is 4. The van der Waals surface area contributed by atoms with Crippen LogP contribution in [0.25, 0.3) is 22.6 Å². The van der Waals surface area contributed by atoms with E-state index in [1.54, 1.807) is 6.20 Å². The Morgan fingerprint density at radius 3 is 3.08 bits per heavy atom. The first-order valence-corrected chi connectivity index (χ1v) is 7.34. The molecular weight excluding hydrogens is 318 g/mol. The highest BCUT2D eigenvalue weighted by Gasteiger charge is 2.07. The van der Waals surface area contributed by atoms with Crippen LogP contribution in [0.3, 0.4) is 0 Å². The Balaban J connectivity index is 1.62. The van der Waals surface area contributed by atoms with E-state index < -0.39 is 0 Å². The molecule has 0 aliphatic rings. The molecule has 0 saturated heterocycles. The monoisotopic (exact) mass is 329 g/mol. The van der Waals surface area contributed by atoms with Crippen molar-refractivity contribution in [3.05, 3.63) is 60.9 Å². The van der Waals surface area contributed by atoms with Gasteiger partial charge >= 0.3 is 0 Å². The van der Waals surface area contributed by atoms with Gasteiger partial charge in [0.15, 0.2) is 0 Å². The molecule has 0 amide bonds. The third-order valence-corrected chi connectivity index (χ3v) is 3.48. The van der Waals surface area contributed by atoms with E-state index in [9.17, 15) is 5.26 Å². The van der Waals surface area contributed by atoms with E-state index in [4.69, 9.17) is 0 Å². The summed E-state index contributed by atoms with van der Waals surface area (Å²) < 4.78 is 1.86. The van der Waals surface area contributed by atoms with Crippen molar-refractivity contribution in [2.24, 2.45) is 0 Å². The van der Waals surface area contributed by atoms with Gasteiger partial charge in [-0.1, -0.05) is 12.1 Å². The normalized spacial score (nSPS) is 11.4. The quantitative estimate of drug-likeness (QED) is 0.548. The minimum Gasteiger partial charge on any atom is -0.360 e. The number of nitrogens with zero attached hydrogens (tertiary/aromatic N) is 7. The second-order valence-corrected chi connectivity index (χ2v) is 5.08. The SMILES string of the molecule is N#CC(=CNc1cccc(-c2cn3cccnc3n2)c1)c1nn[nH]n1. The van der Waals surface area contributed by atoms with Crippen LogP contribution in [0.5, 0.6) is 0 Å². The number of nitrogens with one attached hydrogen (secondary N) is 2. The summed E-state index contributed by atoms with van der Waals surface area (Å²) in [5.74, 6) is 0.872. The van der Waals surface area contributed by atoms with Gasteiger partial charge in [-0.2, -0.15) is 10.5 Å². The van der Waals surface area contributed by atoms with Gasteiger partial charge in [0.05, 0.1) is 5.69 Å². The number of tetrazole rings is 1. The summed E-state index contributed by atoms with van der Waals surface area (Å²) in [7, 11) is 0. The summed E-state index contributed by atoms with van der Waals surface area (Å²) in [6.45, 7) is 0. The molecule has 25 heavy (non-hydrogen) atoms. The highest BCUT2D eigenvalue weighted by molar-refractivity contribution is 5.75. The Morgan fingerprint density at radius 1 is 1.32 bits per heavy atom. The third-order valence-electron chi connectivity index (χ3n) is 3.48. The lowest BCUT2D eigenvalue weighted by Crippen LogP contribution is -1.93. The zero-order chi connectivity index (χ0) is 17.1. The molecule has 2 N–H and O–H groups in total. The lowest BCUT2D eigenvalue weighted by atomic mass is 10.1. The van der Waals surface area contributed by atoms with Gasteiger partial charge in [0.25, 0.3) is 0 Å². The average molecular weight is 329 g/mol. The molecule has 0 bridgehead atoms. The van der Waals surface area contributed by atoms with Gasteiger partial charge in [-0.25, -0.2) is 9.97 Å². The van der Waals surface area contributed by atoms with Crippen LogP contribution in [0, 0.1) is 11.3 Å². The Morgan fingerprint density at radius 2 is 2.28 bits per heavy atom. The first-order chi connectivity index (χ1) is 12.3. The first kappa shape index (κ1) is 14.5. The predicted molar refractivity (Wildman–Crippen MR) is 89.8 cm³/mol. The van der Waals surface area contributed by atoms with Crippen LogP contribution < -0.4 is 5.32 Å². The number of hydrogen-bond donors (Lipinski definition) is 2. The summed E-state index contributed by atoms with van der Waals surface area (Å²) in [6, 6.07) is 11.6. The van der Waals surface area contributed by atoms with E-state index in [-0.39, 0.29) is 11.4 Å². The number of allylic oxidation sites excluding steroid dienone is 1. The fraction of sp³-hybridized carbons (Fsp3) is 0. The number of nitriles is 1. The second kappa shape index (κ2) is 6.21. The van der Waals surface area contributed by atoms with Gasteiger partial charge in [-0.15, -0.1) is 10.2 Å². The molecule has 9 heteroatoms. The minimum atomic E-state index is 0.234. The van der Waals surface area contributed by atoms with Crippen molar-refractivity contribution in [3.63, 3.8) is 0 Å². The fourth-order valence-corrected chi connectivity index (χ4v) is 2.32. The molecule has 0 atom stereocenters. The van der Waals surface area contributed by atoms with Crippen LogP contribution in [0.4, 0.5) is 5.69 Å². The van der Waals surface area contributed by atoms with E-state index in [0.717, 1.165) is 16.9 Å². The summed E-state index contributed by atoms with van der Waals surface area (Å²) in [5.41, 5.74) is 2.82. The number of anilines is 1. The van der Waals surface area contributed by atoms with Gasteiger partial charge in [-0.3, -0.25) is 4.40 Å². The third kappa shape index (κ3) is 2.91. The van der Waals surface area contributed by atoms with Crippen molar-refractivity contribution in [1.82, 2.24) is 35.0 Å². The molecule has 0 saturated carbocycles. The standard InChI is InChI=1S/C16H11N9/c17-8-12(15-21-23-24-22-15)9-19-13-4-1-3-11(7-13)14-10-25-6-2-5-18-16(25)20-14/h1-7,9-10,19H,(H,21,22,23,24). The highest BCUT2D eigenvalue weighted by Crippen LogP contribution is 2.22. The Bertz CT molecular complexity index is 1050. The molecule has 0 aliphatic heterocycles. The van der Waals surface area contributed by atoms with Crippen LogP contribution in [0.15, 0.2) is 55.1 Å². The smallest absolute Gasteiger partial charge is 0.234 e. The molecule has 0 radical (unpaired) electrons. The molecule has 120 valence electrons. The van der Waals surface area contributed by atoms with Crippen molar-refractivity contribution in [1.29, 1.82) is 5.26 Å². The lowest BCUT2D eigenvalue weighted by molar-refractivity contribution is 0.881. The maximum Gasteiger partial charge on any atom is 0.234 e. The number of hydrogen-bond acceptors (Lipinski definition) is 7. The van der Waals surface area contributed by atoms with Crippen molar-refractivity contribution in [2.75, 3.05) is 5.32 Å². The second-order valence-electron chi connectivity index (χ2n) is 5.08. The molecule has 0 aliphatic carbocycles. The topological polar surface area (TPSA) is 120 Å². The first-order valence-electron chi connectivity index (χ1n) is 7.34. The molecule has 0 unspecified atom stereocenters. The Labute approximate surface area is 141 Å². The maximum atomic E-state index is 9.19. The van der Waals surface area contributed by atoms with Crippen LogP contribution in [0.1, 0.15) is 5.82 Å². The number of fused-ring (bicyclic) bond motifs is 1. The van der Waals surface area contributed by atoms with Crippen LogP contribution in [0.2, 0.25) is 0 Å². The van der Waals surface area contributed by atoms with Gasteiger partial charge in [0.1, 0.15) is 11.6 Å². The molecular formula is C16H11N9. The molecule has 0 fully saturated rings. The number of benzene rings is 1. The van der Waals surface area contributed by atoms with Crippen molar-refractivity contribution >= 4 is 17.0 Å². The molecule has 0 spiro atoms. The van der Waals surface area contributed by atoms with Crippen molar-refractivity contribution < 1.29 is 0 Å². The van der Waals surface area contributed by atoms with E-state index in [1.165, 1.54) is 6.20 Å². The maximum absolute atomic E-state index is 9.19. The summed E-state index contributed by atoms with van der Waals surface area (Å²) >= 11 is 0. The van der Waals surface area contributed by atoms with Crippen molar-refractivity contribution in [3.8, 4) is 17.3 Å². The van der Waals surface area contributed by atoms with E-state index in [0.29, 0.717) is 5.78 Å². The van der Waals surface area contributed by atoms with E-state index in [2.05, 4.69) is 35.9 Å². The minimum absolute atomic E-state index is 0.234. The van der Waals surface area contributed by atoms with Crippen LogP contribution in [-0.4, -0.2) is 35.0 Å². The molecule has 4 rings (SSSR count). The lowest BCUT2D eigenvalue weighted by Gasteiger charge is -2.03. The summed E-state index contributed by atoms with van der Waals surface area (Å²) in [6.07, 6.45) is 7.05. The average Bonchev–Trinajstić information content (AvgIpc) is 3.32. The fourth-order valence-electron chi connectivity index (χ4n) is 2.32. The van der Waals surface area contributed by atoms with Crippen LogP contribution in [-0.2, 0) is 0 Å². The number of imidazole rings is 1. The van der Waals surface area contributed by atoms with E-state index in [1.807, 2.05) is 53.2 Å². The Hall–Kier alpha value is -4.06. The highest BCUT2D eigenvalue weighted by atomic mass is 15.5. The molecule has 4 aromatic rings. The van der Waals surface area contributed by atoms with E-state index >= 15 is 0 Å². The van der Waals surface area contributed by atoms with Crippen LogP contribution >= 0.6 is 0 Å². The van der Waals surface area contributed by atoms with Gasteiger partial charge in [0.2, 0.25) is 11.6 Å². The molecule has 3 heterocycles. The summed E-state index contributed by atoms with van der Waals surface area (Å²) in [5, 5.41) is 25.6. The van der Waals surface area contributed by atoms with Crippen molar-refractivity contribution in [2.45, 2.75) is 0 Å². The number of aromatic nitrogens is 7. The molecule has 3 aromatic heterocycles. The summed E-state index contributed by atoms with van der Waals surface area (Å²) in [4.78, 5) is 8.72. The Kier molecular flexibility index (Phi) is 3.61. The predicted octanol–water partition coefficient (Wildman–Crippen LogP) is 1.89. The zero-order valence-electron chi connectivity index (χ0n) is 12.8. The molecule has 9 nitrogen and oxygen atoms in total. The number of H-pyrrole nitrogens is 1. The van der Waals surface area contributed by atoms with Gasteiger partial charge in [0, 0.05) is 36.0 Å². The number of aromatic amines is 1. The zero-order valence-corrected chi connectivity index (χ0v) is 12.8. The van der Waals surface area contributed by atoms with Gasteiger partial charge < -0.3 is 5.32 Å².